The average Bonchev–Trinajstić information content (AvgIpc) is 3.01. The van der Waals surface area contributed by atoms with E-state index in [1.54, 1.807) is 6.92 Å². The van der Waals surface area contributed by atoms with E-state index in [2.05, 4.69) is 43.1 Å². The summed E-state index contributed by atoms with van der Waals surface area (Å²) in [5.41, 5.74) is 3.38. The number of furan rings is 1. The van der Waals surface area contributed by atoms with Gasteiger partial charge in [0.15, 0.2) is 11.5 Å². The molecule has 4 rings (SSSR count). The van der Waals surface area contributed by atoms with Gasteiger partial charge in [0.05, 0.1) is 18.3 Å². The number of fused-ring (bicyclic) bond motifs is 1. The van der Waals surface area contributed by atoms with Crippen LogP contribution in [0.3, 0.4) is 0 Å². The zero-order chi connectivity index (χ0) is 22.2. The van der Waals surface area contributed by atoms with Gasteiger partial charge in [-0.2, -0.15) is 0 Å². The Hall–Kier alpha value is -2.44. The first-order valence-corrected chi connectivity index (χ1v) is 11.1. The molecule has 6 nitrogen and oxygen atoms in total. The third-order valence-electron chi connectivity index (χ3n) is 6.16. The van der Waals surface area contributed by atoms with Crippen molar-refractivity contribution in [3.63, 3.8) is 0 Å². The summed E-state index contributed by atoms with van der Waals surface area (Å²) in [6, 6.07) is 8.28. The second-order valence-electron chi connectivity index (χ2n) is 9.71. The predicted octanol–water partition coefficient (Wildman–Crippen LogP) is 3.89. The molecule has 1 unspecified atom stereocenters. The van der Waals surface area contributed by atoms with Crippen molar-refractivity contribution in [2.45, 2.75) is 59.7 Å². The molecule has 2 aromatic rings. The van der Waals surface area contributed by atoms with Crippen LogP contribution in [0.25, 0.3) is 0 Å². The number of carbonyl (C=O) groups excluding carboxylic acids is 2. The molecule has 166 valence electrons. The highest BCUT2D eigenvalue weighted by Gasteiger charge is 2.37. The zero-order valence-corrected chi connectivity index (χ0v) is 18.9. The van der Waals surface area contributed by atoms with E-state index in [1.807, 2.05) is 12.1 Å². The molecule has 1 aromatic carbocycles. The van der Waals surface area contributed by atoms with Crippen LogP contribution in [-0.4, -0.2) is 42.4 Å². The van der Waals surface area contributed by atoms with Crippen molar-refractivity contribution in [2.24, 2.45) is 5.41 Å². The monoisotopic (exact) mass is 424 g/mol. The van der Waals surface area contributed by atoms with Crippen LogP contribution in [0.5, 0.6) is 0 Å². The number of hydrogen-bond acceptors (Lipinski definition) is 5. The van der Waals surface area contributed by atoms with Crippen LogP contribution >= 0.6 is 0 Å². The number of carbonyl (C=O) groups is 2. The predicted molar refractivity (Wildman–Crippen MR) is 118 cm³/mol. The Morgan fingerprint density at radius 3 is 2.81 bits per heavy atom. The quantitative estimate of drug-likeness (QED) is 0.788. The summed E-state index contributed by atoms with van der Waals surface area (Å²) in [4.78, 5) is 27.8. The second-order valence-corrected chi connectivity index (χ2v) is 9.71. The van der Waals surface area contributed by atoms with E-state index in [0.717, 1.165) is 31.8 Å². The number of nitrogens with one attached hydrogen (secondary N) is 1. The number of ether oxygens (including phenoxy) is 1. The SMILES string of the molecule is Cc1c(C(=O)NCc2cccc(CN3CCOC(C)C3)c2)oc2c1C(=O)CC(C)(C)C2. The van der Waals surface area contributed by atoms with Gasteiger partial charge >= 0.3 is 0 Å². The molecule has 2 aliphatic rings. The van der Waals surface area contributed by atoms with Gasteiger partial charge in [0.25, 0.3) is 5.91 Å². The van der Waals surface area contributed by atoms with E-state index < -0.39 is 0 Å². The Labute approximate surface area is 183 Å². The van der Waals surface area contributed by atoms with Crippen molar-refractivity contribution in [3.8, 4) is 0 Å². The van der Waals surface area contributed by atoms with Gasteiger partial charge in [-0.3, -0.25) is 14.5 Å². The molecule has 0 radical (unpaired) electrons. The lowest BCUT2D eigenvalue weighted by Gasteiger charge is -2.31. The smallest absolute Gasteiger partial charge is 0.287 e. The van der Waals surface area contributed by atoms with Crippen LogP contribution in [-0.2, 0) is 24.2 Å². The summed E-state index contributed by atoms with van der Waals surface area (Å²) < 4.78 is 11.5. The topological polar surface area (TPSA) is 71.8 Å². The first kappa shape index (κ1) is 21.8. The number of rotatable bonds is 5. The van der Waals surface area contributed by atoms with Crippen molar-refractivity contribution < 1.29 is 18.7 Å². The molecule has 1 aliphatic heterocycles. The summed E-state index contributed by atoms with van der Waals surface area (Å²) in [6.45, 7) is 11.9. The molecule has 0 spiro atoms. The highest BCUT2D eigenvalue weighted by Crippen LogP contribution is 2.38. The van der Waals surface area contributed by atoms with Gasteiger partial charge in [0.1, 0.15) is 5.76 Å². The van der Waals surface area contributed by atoms with Gasteiger partial charge in [-0.05, 0) is 30.4 Å². The Balaban J connectivity index is 1.41. The Bertz CT molecular complexity index is 991. The van der Waals surface area contributed by atoms with Crippen molar-refractivity contribution in [2.75, 3.05) is 19.7 Å². The summed E-state index contributed by atoms with van der Waals surface area (Å²) in [6.07, 6.45) is 1.41. The molecular weight excluding hydrogens is 392 g/mol. The Morgan fingerprint density at radius 1 is 1.26 bits per heavy atom. The second kappa shape index (κ2) is 8.60. The molecule has 0 bridgehead atoms. The highest BCUT2D eigenvalue weighted by molar-refractivity contribution is 6.03. The number of benzene rings is 1. The molecule has 1 aliphatic carbocycles. The van der Waals surface area contributed by atoms with Gasteiger partial charge in [0.2, 0.25) is 0 Å². The molecule has 1 atom stereocenters. The number of Topliss-reactive ketones (excluding diaryl/α,β-unsaturated/α-hetero) is 1. The molecule has 6 heteroatoms. The van der Waals surface area contributed by atoms with E-state index in [9.17, 15) is 9.59 Å². The maximum Gasteiger partial charge on any atom is 0.287 e. The standard InChI is InChI=1S/C25H32N2O4/c1-16-14-27(8-9-30-16)15-19-7-5-6-18(10-19)13-26-24(29)23-17(2)22-20(28)11-25(3,4)12-21(22)31-23/h5-7,10,16H,8-9,11-15H2,1-4H3,(H,26,29). The molecule has 1 saturated heterocycles. The lowest BCUT2D eigenvalue weighted by atomic mass is 9.76. The van der Waals surface area contributed by atoms with E-state index >= 15 is 0 Å². The molecular formula is C25H32N2O4. The first-order chi connectivity index (χ1) is 14.7. The normalized spacial score (nSPS) is 21.0. The molecule has 1 aromatic heterocycles. The third kappa shape index (κ3) is 4.91. The van der Waals surface area contributed by atoms with Gasteiger partial charge in [-0.15, -0.1) is 0 Å². The fourth-order valence-corrected chi connectivity index (χ4v) is 4.69. The van der Waals surface area contributed by atoms with Crippen molar-refractivity contribution >= 4 is 11.7 Å². The van der Waals surface area contributed by atoms with Crippen molar-refractivity contribution in [1.82, 2.24) is 10.2 Å². The summed E-state index contributed by atoms with van der Waals surface area (Å²) >= 11 is 0. The fraction of sp³-hybridized carbons (Fsp3) is 0.520. The lowest BCUT2D eigenvalue weighted by molar-refractivity contribution is -0.0212. The van der Waals surface area contributed by atoms with Gasteiger partial charge in [-0.1, -0.05) is 38.1 Å². The Kier molecular flexibility index (Phi) is 6.04. The maximum atomic E-state index is 12.8. The number of morpholine rings is 1. The minimum absolute atomic E-state index is 0.0664. The number of amides is 1. The van der Waals surface area contributed by atoms with Crippen LogP contribution in [0.4, 0.5) is 0 Å². The largest absolute Gasteiger partial charge is 0.455 e. The molecule has 2 heterocycles. The van der Waals surface area contributed by atoms with E-state index in [4.69, 9.17) is 9.15 Å². The van der Waals surface area contributed by atoms with Crippen LogP contribution < -0.4 is 5.32 Å². The number of hydrogen-bond donors (Lipinski definition) is 1. The fourth-order valence-electron chi connectivity index (χ4n) is 4.69. The third-order valence-corrected chi connectivity index (χ3v) is 6.16. The van der Waals surface area contributed by atoms with E-state index in [0.29, 0.717) is 36.3 Å². The van der Waals surface area contributed by atoms with E-state index in [-0.39, 0.29) is 29.0 Å². The molecule has 1 amide bonds. The molecule has 1 fully saturated rings. The maximum absolute atomic E-state index is 12.8. The molecule has 0 saturated carbocycles. The summed E-state index contributed by atoms with van der Waals surface area (Å²) in [5.74, 6) is 0.696. The minimum atomic E-state index is -0.273. The van der Waals surface area contributed by atoms with Crippen LogP contribution in [0, 0.1) is 12.3 Å². The van der Waals surface area contributed by atoms with Crippen LogP contribution in [0.1, 0.15) is 70.6 Å². The summed E-state index contributed by atoms with van der Waals surface area (Å²) in [5, 5.41) is 2.96. The van der Waals surface area contributed by atoms with Crippen molar-refractivity contribution in [1.29, 1.82) is 0 Å². The molecule has 1 N–H and O–H groups in total. The minimum Gasteiger partial charge on any atom is -0.455 e. The highest BCUT2D eigenvalue weighted by atomic mass is 16.5. The zero-order valence-electron chi connectivity index (χ0n) is 18.9. The number of ketones is 1. The van der Waals surface area contributed by atoms with E-state index in [1.165, 1.54) is 5.56 Å². The lowest BCUT2D eigenvalue weighted by Crippen LogP contribution is -2.40. The van der Waals surface area contributed by atoms with Gasteiger partial charge < -0.3 is 14.5 Å². The summed E-state index contributed by atoms with van der Waals surface area (Å²) in [7, 11) is 0. The van der Waals surface area contributed by atoms with Crippen molar-refractivity contribution in [3.05, 3.63) is 58.0 Å². The van der Waals surface area contributed by atoms with Crippen LogP contribution in [0.15, 0.2) is 28.7 Å². The molecule has 31 heavy (non-hydrogen) atoms. The van der Waals surface area contributed by atoms with Gasteiger partial charge in [0, 0.05) is 44.6 Å². The first-order valence-electron chi connectivity index (χ1n) is 11.1. The number of nitrogens with zero attached hydrogens (tertiary/aromatic N) is 1. The van der Waals surface area contributed by atoms with Crippen LogP contribution in [0.2, 0.25) is 0 Å². The Morgan fingerprint density at radius 2 is 2.03 bits per heavy atom. The van der Waals surface area contributed by atoms with Gasteiger partial charge in [-0.25, -0.2) is 0 Å². The average molecular weight is 425 g/mol.